The molecule has 0 bridgehead atoms. The number of nitrogens with zero attached hydrogens (tertiary/aromatic N) is 2. The third kappa shape index (κ3) is 4.22. The van der Waals surface area contributed by atoms with Crippen LogP contribution in [0.1, 0.15) is 34.5 Å². The zero-order valence-corrected chi connectivity index (χ0v) is 16.6. The molecule has 0 aliphatic carbocycles. The molecule has 0 saturated heterocycles. The monoisotopic (exact) mass is 398 g/mol. The van der Waals surface area contributed by atoms with Crippen molar-refractivity contribution in [3.05, 3.63) is 95.8 Å². The van der Waals surface area contributed by atoms with E-state index in [4.69, 9.17) is 10.5 Å². The van der Waals surface area contributed by atoms with Gasteiger partial charge in [0.15, 0.2) is 0 Å². The van der Waals surface area contributed by atoms with E-state index < -0.39 is 5.91 Å². The Morgan fingerprint density at radius 3 is 2.43 bits per heavy atom. The highest BCUT2D eigenvalue weighted by Crippen LogP contribution is 2.30. The summed E-state index contributed by atoms with van der Waals surface area (Å²) in [5, 5.41) is 4.09. The molecular formula is C24H22N4O2. The van der Waals surface area contributed by atoms with Crippen molar-refractivity contribution in [3.63, 3.8) is 0 Å². The van der Waals surface area contributed by atoms with Gasteiger partial charge >= 0.3 is 0 Å². The van der Waals surface area contributed by atoms with Crippen molar-refractivity contribution in [3.8, 4) is 5.75 Å². The minimum absolute atomic E-state index is 0.00946. The molecule has 0 aliphatic heterocycles. The Kier molecular flexibility index (Phi) is 5.57. The van der Waals surface area contributed by atoms with Gasteiger partial charge in [-0.15, -0.1) is 0 Å². The molecular weight excluding hydrogens is 376 g/mol. The summed E-state index contributed by atoms with van der Waals surface area (Å²) in [6, 6.07) is 23.4. The van der Waals surface area contributed by atoms with Gasteiger partial charge in [0, 0.05) is 11.4 Å². The van der Waals surface area contributed by atoms with Crippen molar-refractivity contribution in [2.24, 2.45) is 5.73 Å². The molecule has 3 N–H and O–H groups in total. The summed E-state index contributed by atoms with van der Waals surface area (Å²) >= 11 is 0. The Morgan fingerprint density at radius 1 is 1.03 bits per heavy atom. The first-order valence-electron chi connectivity index (χ1n) is 9.68. The van der Waals surface area contributed by atoms with Crippen molar-refractivity contribution in [2.45, 2.75) is 19.6 Å². The summed E-state index contributed by atoms with van der Waals surface area (Å²) in [6.45, 7) is 2.43. The van der Waals surface area contributed by atoms with Gasteiger partial charge in [-0.2, -0.15) is 0 Å². The lowest BCUT2D eigenvalue weighted by molar-refractivity contribution is 0.100. The highest BCUT2D eigenvalue weighted by molar-refractivity contribution is 6.07. The second kappa shape index (κ2) is 8.61. The number of ether oxygens (including phenoxy) is 1. The summed E-state index contributed by atoms with van der Waals surface area (Å²) < 4.78 is 5.94. The van der Waals surface area contributed by atoms with Crippen molar-refractivity contribution in [1.29, 1.82) is 0 Å². The number of hydrogen-bond donors (Lipinski definition) is 2. The van der Waals surface area contributed by atoms with E-state index in [1.807, 2.05) is 73.7 Å². The zero-order chi connectivity index (χ0) is 20.9. The Labute approximate surface area is 174 Å². The maximum Gasteiger partial charge on any atom is 0.251 e. The number of anilines is 1. The van der Waals surface area contributed by atoms with Gasteiger partial charge < -0.3 is 15.8 Å². The number of hydrogen-bond acceptors (Lipinski definition) is 5. The molecule has 4 aromatic rings. The number of fused-ring (bicyclic) bond motifs is 1. The fourth-order valence-corrected chi connectivity index (χ4v) is 3.30. The largest absolute Gasteiger partial charge is 0.489 e. The van der Waals surface area contributed by atoms with Gasteiger partial charge in [0.25, 0.3) is 5.91 Å². The predicted molar refractivity (Wildman–Crippen MR) is 117 cm³/mol. The van der Waals surface area contributed by atoms with Gasteiger partial charge in [0.05, 0.1) is 11.1 Å². The number of nitrogens with two attached hydrogens (primary N) is 1. The van der Waals surface area contributed by atoms with Crippen molar-refractivity contribution >= 4 is 22.6 Å². The Balaban J connectivity index is 1.70. The number of primary amides is 1. The van der Waals surface area contributed by atoms with Crippen LogP contribution in [0, 0.1) is 0 Å². The Morgan fingerprint density at radius 2 is 1.73 bits per heavy atom. The van der Waals surface area contributed by atoms with E-state index in [2.05, 4.69) is 15.3 Å². The Bertz CT molecular complexity index is 1160. The van der Waals surface area contributed by atoms with Gasteiger partial charge in [-0.3, -0.25) is 4.79 Å². The molecule has 1 unspecified atom stereocenters. The van der Waals surface area contributed by atoms with Gasteiger partial charge in [-0.05, 0) is 30.2 Å². The van der Waals surface area contributed by atoms with Crippen LogP contribution < -0.4 is 15.8 Å². The molecule has 150 valence electrons. The van der Waals surface area contributed by atoms with Crippen LogP contribution in [0.4, 0.5) is 5.82 Å². The first-order valence-corrected chi connectivity index (χ1v) is 9.68. The fourth-order valence-electron chi connectivity index (χ4n) is 3.30. The van der Waals surface area contributed by atoms with Crippen LogP contribution in [0.25, 0.3) is 10.9 Å². The third-order valence-electron chi connectivity index (χ3n) is 4.88. The summed E-state index contributed by atoms with van der Waals surface area (Å²) in [5.41, 5.74) is 8.56. The summed E-state index contributed by atoms with van der Waals surface area (Å²) in [6.07, 6.45) is 1.43. The van der Waals surface area contributed by atoms with Gasteiger partial charge in [0.2, 0.25) is 0 Å². The van der Waals surface area contributed by atoms with Crippen LogP contribution in [0.2, 0.25) is 0 Å². The highest BCUT2D eigenvalue weighted by atomic mass is 16.5. The lowest BCUT2D eigenvalue weighted by Crippen LogP contribution is -2.14. The van der Waals surface area contributed by atoms with E-state index in [1.54, 1.807) is 6.07 Å². The molecule has 1 aromatic heterocycles. The molecule has 0 spiro atoms. The van der Waals surface area contributed by atoms with E-state index in [-0.39, 0.29) is 6.04 Å². The van der Waals surface area contributed by atoms with Crippen LogP contribution >= 0.6 is 0 Å². The maximum absolute atomic E-state index is 12.1. The molecule has 0 aliphatic rings. The molecule has 6 heteroatoms. The van der Waals surface area contributed by atoms with E-state index in [0.29, 0.717) is 34.6 Å². The molecule has 1 atom stereocenters. The molecule has 4 rings (SSSR count). The van der Waals surface area contributed by atoms with Gasteiger partial charge in [-0.25, -0.2) is 9.97 Å². The number of carbonyl (C=O) groups excluding carboxylic acids is 1. The summed E-state index contributed by atoms with van der Waals surface area (Å²) in [5.74, 6) is 0.584. The third-order valence-corrected chi connectivity index (χ3v) is 4.88. The van der Waals surface area contributed by atoms with Crippen LogP contribution in [0.5, 0.6) is 5.75 Å². The molecule has 0 radical (unpaired) electrons. The lowest BCUT2D eigenvalue weighted by Gasteiger charge is -2.17. The van der Waals surface area contributed by atoms with Crippen LogP contribution in [0.3, 0.4) is 0 Å². The molecule has 1 amide bonds. The van der Waals surface area contributed by atoms with Crippen molar-refractivity contribution in [2.75, 3.05) is 5.32 Å². The minimum Gasteiger partial charge on any atom is -0.489 e. The normalized spacial score (nSPS) is 11.8. The molecule has 3 aromatic carbocycles. The minimum atomic E-state index is -0.564. The number of nitrogens with one attached hydrogen (secondary N) is 1. The van der Waals surface area contributed by atoms with Gasteiger partial charge in [0.1, 0.15) is 24.5 Å². The summed E-state index contributed by atoms with van der Waals surface area (Å²) in [7, 11) is 0. The predicted octanol–water partition coefficient (Wildman–Crippen LogP) is 4.48. The van der Waals surface area contributed by atoms with E-state index >= 15 is 0 Å². The smallest absolute Gasteiger partial charge is 0.251 e. The number of amides is 1. The first kappa shape index (κ1) is 19.4. The van der Waals surface area contributed by atoms with Crippen LogP contribution in [0.15, 0.2) is 79.1 Å². The average molecular weight is 398 g/mol. The Hall–Kier alpha value is -3.93. The molecule has 0 fully saturated rings. The average Bonchev–Trinajstić information content (AvgIpc) is 2.78. The summed E-state index contributed by atoms with van der Waals surface area (Å²) in [4.78, 5) is 20.8. The number of carbonyl (C=O) groups is 1. The second-order valence-corrected chi connectivity index (χ2v) is 7.00. The zero-order valence-electron chi connectivity index (χ0n) is 16.6. The highest BCUT2D eigenvalue weighted by Gasteiger charge is 2.16. The molecule has 1 heterocycles. The van der Waals surface area contributed by atoms with Crippen LogP contribution in [-0.4, -0.2) is 15.9 Å². The van der Waals surface area contributed by atoms with E-state index in [1.165, 1.54) is 6.33 Å². The topological polar surface area (TPSA) is 90.1 Å². The van der Waals surface area contributed by atoms with Crippen molar-refractivity contribution in [1.82, 2.24) is 9.97 Å². The van der Waals surface area contributed by atoms with E-state index in [9.17, 15) is 4.79 Å². The molecule has 0 saturated carbocycles. The molecule has 30 heavy (non-hydrogen) atoms. The first-order chi connectivity index (χ1) is 14.6. The van der Waals surface area contributed by atoms with Crippen molar-refractivity contribution < 1.29 is 9.53 Å². The number of benzene rings is 3. The van der Waals surface area contributed by atoms with E-state index in [0.717, 1.165) is 11.1 Å². The molecule has 6 nitrogen and oxygen atoms in total. The number of aromatic nitrogens is 2. The lowest BCUT2D eigenvalue weighted by atomic mass is 10.1. The second-order valence-electron chi connectivity index (χ2n) is 7.00. The quantitative estimate of drug-likeness (QED) is 0.479. The van der Waals surface area contributed by atoms with Gasteiger partial charge in [-0.1, -0.05) is 60.7 Å². The fraction of sp³-hybridized carbons (Fsp3) is 0.125. The van der Waals surface area contributed by atoms with Crippen LogP contribution in [-0.2, 0) is 6.61 Å². The SMILES string of the molecule is CC(Nc1ncnc2c(C(N)=O)cc(OCc3ccccc3)cc12)c1ccccc1. The standard InChI is InChI=1S/C24H22N4O2/c1-16(18-10-6-3-7-11-18)28-24-21-13-19(30-14-17-8-4-2-5-9-17)12-20(23(25)29)22(21)26-15-27-24/h2-13,15-16H,14H2,1H3,(H2,25,29)(H,26,27,28). The maximum atomic E-state index is 12.1. The number of rotatable bonds is 7.